The van der Waals surface area contributed by atoms with E-state index >= 15 is 8.78 Å². The molecule has 1 saturated heterocycles. The van der Waals surface area contributed by atoms with Gasteiger partial charge in [-0.3, -0.25) is 4.79 Å². The summed E-state index contributed by atoms with van der Waals surface area (Å²) in [5.41, 5.74) is -3.36. The minimum atomic E-state index is -4.63. The maximum atomic E-state index is 15.1. The zero-order valence-electron chi connectivity index (χ0n) is 21.0. The SMILES string of the molecule is C[C@@]1(C(F)(F)F)CN(c2ccc([C@H]3C(F)(F)[C@]3(C)C(=O)NC3CCOCC3)cc2)c2cnc3cc(Cl)nn3c21. The Hall–Kier alpha value is -2.99. The molecular formula is C26H25ClF5N5O2. The first-order valence-electron chi connectivity index (χ1n) is 12.5. The van der Waals surface area contributed by atoms with Crippen LogP contribution in [0.5, 0.6) is 0 Å². The van der Waals surface area contributed by atoms with Crippen molar-refractivity contribution in [3.8, 4) is 0 Å². The third-order valence-corrected chi connectivity index (χ3v) is 8.65. The van der Waals surface area contributed by atoms with E-state index in [4.69, 9.17) is 16.3 Å². The van der Waals surface area contributed by atoms with Crippen molar-refractivity contribution in [2.45, 2.75) is 56.2 Å². The van der Waals surface area contributed by atoms with E-state index < -0.39 is 41.3 Å². The Labute approximate surface area is 225 Å². The maximum Gasteiger partial charge on any atom is 0.401 e. The molecule has 2 fully saturated rings. The number of nitrogens with one attached hydrogen (secondary N) is 1. The van der Waals surface area contributed by atoms with Crippen LogP contribution < -0.4 is 10.2 Å². The molecule has 2 aliphatic heterocycles. The number of fused-ring (bicyclic) bond motifs is 3. The molecule has 1 amide bonds. The number of benzene rings is 1. The van der Waals surface area contributed by atoms with Crippen molar-refractivity contribution < 1.29 is 31.5 Å². The Balaban J connectivity index is 1.31. The van der Waals surface area contributed by atoms with Gasteiger partial charge in [0.25, 0.3) is 5.92 Å². The van der Waals surface area contributed by atoms with Crippen LogP contribution in [0.15, 0.2) is 36.5 Å². The molecule has 1 aromatic carbocycles. The van der Waals surface area contributed by atoms with E-state index in [1.165, 1.54) is 48.4 Å². The lowest BCUT2D eigenvalue weighted by Crippen LogP contribution is -2.43. The number of halogens is 6. The van der Waals surface area contributed by atoms with Gasteiger partial charge in [0.2, 0.25) is 5.91 Å². The van der Waals surface area contributed by atoms with E-state index in [0.717, 1.165) is 11.4 Å². The summed E-state index contributed by atoms with van der Waals surface area (Å²) >= 11 is 5.96. The van der Waals surface area contributed by atoms with Crippen molar-refractivity contribution in [1.29, 1.82) is 0 Å². The maximum absolute atomic E-state index is 15.1. The van der Waals surface area contributed by atoms with Gasteiger partial charge in [-0.25, -0.2) is 18.3 Å². The quantitative estimate of drug-likeness (QED) is 0.427. The molecule has 7 nitrogen and oxygen atoms in total. The average molecular weight is 570 g/mol. The monoisotopic (exact) mass is 569 g/mol. The van der Waals surface area contributed by atoms with E-state index in [2.05, 4.69) is 15.4 Å². The lowest BCUT2D eigenvalue weighted by molar-refractivity contribution is -0.181. The van der Waals surface area contributed by atoms with Gasteiger partial charge in [-0.1, -0.05) is 23.7 Å². The van der Waals surface area contributed by atoms with Crippen molar-refractivity contribution in [1.82, 2.24) is 19.9 Å². The zero-order valence-corrected chi connectivity index (χ0v) is 21.8. The molecule has 2 aromatic heterocycles. The van der Waals surface area contributed by atoms with Gasteiger partial charge in [0, 0.05) is 37.6 Å². The van der Waals surface area contributed by atoms with Crippen LogP contribution in [-0.2, 0) is 14.9 Å². The molecule has 0 unspecified atom stereocenters. The summed E-state index contributed by atoms with van der Waals surface area (Å²) in [5.74, 6) is -5.33. The predicted octanol–water partition coefficient (Wildman–Crippen LogP) is 5.39. The van der Waals surface area contributed by atoms with Crippen molar-refractivity contribution in [2.75, 3.05) is 24.7 Å². The second-order valence-corrected chi connectivity index (χ2v) is 11.2. The number of rotatable bonds is 4. The lowest BCUT2D eigenvalue weighted by Gasteiger charge is -2.28. The number of aromatic nitrogens is 3. The van der Waals surface area contributed by atoms with Gasteiger partial charge in [0.15, 0.2) is 10.8 Å². The van der Waals surface area contributed by atoms with E-state index in [-0.39, 0.29) is 33.8 Å². The highest BCUT2D eigenvalue weighted by Crippen LogP contribution is 2.71. The fourth-order valence-electron chi connectivity index (χ4n) is 5.92. The molecule has 208 valence electrons. The summed E-state index contributed by atoms with van der Waals surface area (Å²) < 4.78 is 79.7. The molecule has 4 heterocycles. The Morgan fingerprint density at radius 2 is 1.82 bits per heavy atom. The van der Waals surface area contributed by atoms with Crippen LogP contribution in [-0.4, -0.2) is 58.4 Å². The Morgan fingerprint density at radius 3 is 2.46 bits per heavy atom. The van der Waals surface area contributed by atoms with Gasteiger partial charge < -0.3 is 15.0 Å². The van der Waals surface area contributed by atoms with Gasteiger partial charge in [0.05, 0.1) is 23.5 Å². The normalized spacial score (nSPS) is 28.5. The molecule has 1 saturated carbocycles. The molecule has 3 atom stereocenters. The number of carbonyl (C=O) groups excluding carboxylic acids is 1. The first kappa shape index (κ1) is 26.2. The highest BCUT2D eigenvalue weighted by molar-refractivity contribution is 6.29. The molecule has 6 rings (SSSR count). The third-order valence-electron chi connectivity index (χ3n) is 8.46. The first-order chi connectivity index (χ1) is 18.3. The van der Waals surface area contributed by atoms with Crippen LogP contribution in [0.3, 0.4) is 0 Å². The van der Waals surface area contributed by atoms with Gasteiger partial charge >= 0.3 is 6.18 Å². The van der Waals surface area contributed by atoms with Crippen molar-refractivity contribution in [3.63, 3.8) is 0 Å². The highest BCUT2D eigenvalue weighted by atomic mass is 35.5. The van der Waals surface area contributed by atoms with Crippen LogP contribution >= 0.6 is 11.6 Å². The summed E-state index contributed by atoms with van der Waals surface area (Å²) in [6, 6.07) is 7.03. The Morgan fingerprint density at radius 1 is 1.15 bits per heavy atom. The van der Waals surface area contributed by atoms with Crippen molar-refractivity contribution in [3.05, 3.63) is 52.9 Å². The lowest BCUT2D eigenvalue weighted by atomic mass is 9.87. The third kappa shape index (κ3) is 3.74. The number of hydrogen-bond acceptors (Lipinski definition) is 5. The molecule has 1 N–H and O–H groups in total. The van der Waals surface area contributed by atoms with Crippen LogP contribution in [0, 0.1) is 5.41 Å². The largest absolute Gasteiger partial charge is 0.401 e. The fourth-order valence-corrected chi connectivity index (χ4v) is 6.09. The van der Waals surface area contributed by atoms with Gasteiger partial charge in [-0.15, -0.1) is 0 Å². The van der Waals surface area contributed by atoms with Crippen LogP contribution in [0.4, 0.5) is 33.3 Å². The number of anilines is 2. The summed E-state index contributed by atoms with van der Waals surface area (Å²) in [6.07, 6.45) is -2.17. The summed E-state index contributed by atoms with van der Waals surface area (Å²) in [5, 5.41) is 6.78. The number of amides is 1. The Kier molecular flexibility index (Phi) is 5.72. The minimum absolute atomic E-state index is 0.0116. The molecule has 3 aromatic rings. The molecular weight excluding hydrogens is 545 g/mol. The molecule has 0 spiro atoms. The van der Waals surface area contributed by atoms with Gasteiger partial charge in [-0.05, 0) is 44.4 Å². The van der Waals surface area contributed by atoms with E-state index in [0.29, 0.717) is 31.7 Å². The number of hydrogen-bond donors (Lipinski definition) is 1. The standard InChI is InChI=1S/C26H25ClF5N5O2/c1-23(26(30,31)32)13-36(17-12-33-19-11-18(27)35-37(19)21(17)23)16-5-3-14(4-6-16)20-24(2,25(20,28)29)22(38)34-15-7-9-39-10-8-15/h3-6,11-12,15,20H,7-10,13H2,1-2H3,(H,34,38)/t20-,23-,24+/m1/s1. The Bertz CT molecular complexity index is 1460. The van der Waals surface area contributed by atoms with Gasteiger partial charge in [0.1, 0.15) is 10.8 Å². The second kappa shape index (κ2) is 8.50. The minimum Gasteiger partial charge on any atom is -0.381 e. The number of ether oxygens (including phenoxy) is 1. The van der Waals surface area contributed by atoms with Gasteiger partial charge in [-0.2, -0.15) is 18.3 Å². The van der Waals surface area contributed by atoms with Crippen LogP contribution in [0.1, 0.15) is 43.9 Å². The van der Waals surface area contributed by atoms with E-state index in [1.54, 1.807) is 0 Å². The molecule has 3 aliphatic rings. The average Bonchev–Trinajstić information content (AvgIpc) is 3.16. The van der Waals surface area contributed by atoms with E-state index in [9.17, 15) is 18.0 Å². The molecule has 1 aliphatic carbocycles. The van der Waals surface area contributed by atoms with Crippen LogP contribution in [0.2, 0.25) is 5.15 Å². The molecule has 0 bridgehead atoms. The molecule has 13 heteroatoms. The van der Waals surface area contributed by atoms with E-state index in [1.807, 2.05) is 0 Å². The summed E-state index contributed by atoms with van der Waals surface area (Å²) in [6.45, 7) is 2.80. The summed E-state index contributed by atoms with van der Waals surface area (Å²) in [4.78, 5) is 18.6. The molecule has 0 radical (unpaired) electrons. The number of carbonyl (C=O) groups is 1. The second-order valence-electron chi connectivity index (χ2n) is 10.9. The zero-order chi connectivity index (χ0) is 28.0. The molecule has 39 heavy (non-hydrogen) atoms. The van der Waals surface area contributed by atoms with Crippen molar-refractivity contribution in [2.24, 2.45) is 5.41 Å². The smallest absolute Gasteiger partial charge is 0.381 e. The van der Waals surface area contributed by atoms with Crippen LogP contribution in [0.25, 0.3) is 5.65 Å². The number of alkyl halides is 5. The topological polar surface area (TPSA) is 71.8 Å². The number of nitrogens with zero attached hydrogens (tertiary/aromatic N) is 4. The predicted molar refractivity (Wildman–Crippen MR) is 133 cm³/mol. The summed E-state index contributed by atoms with van der Waals surface area (Å²) in [7, 11) is 0. The highest BCUT2D eigenvalue weighted by Gasteiger charge is 2.82. The fraction of sp³-hybridized carbons (Fsp3) is 0.500. The van der Waals surface area contributed by atoms with Crippen molar-refractivity contribution >= 4 is 34.5 Å². The first-order valence-corrected chi connectivity index (χ1v) is 12.9.